The summed E-state index contributed by atoms with van der Waals surface area (Å²) in [4.78, 5) is 4.76. The summed E-state index contributed by atoms with van der Waals surface area (Å²) in [6.07, 6.45) is 0. The van der Waals surface area contributed by atoms with Crippen LogP contribution >= 0.6 is 0 Å². The molecule has 0 radical (unpaired) electrons. The van der Waals surface area contributed by atoms with Crippen LogP contribution in [0.4, 0.5) is 0 Å². The van der Waals surface area contributed by atoms with E-state index in [-0.39, 0.29) is 0 Å². The second-order valence-electron chi connectivity index (χ2n) is 8.42. The highest BCUT2D eigenvalue weighted by molar-refractivity contribution is 6.44. The Morgan fingerprint density at radius 2 is 1.11 bits per heavy atom. The summed E-state index contributed by atoms with van der Waals surface area (Å²) >= 11 is -1.91. The Hall–Kier alpha value is -1.51. The fourth-order valence-electron chi connectivity index (χ4n) is 4.09. The van der Waals surface area contributed by atoms with E-state index in [2.05, 4.69) is 81.6 Å². The number of rotatable bonds is 0. The molecule has 0 aromatic heterocycles. The molecule has 1 aliphatic rings. The van der Waals surface area contributed by atoms with Crippen LogP contribution in [0, 0.1) is 27.7 Å². The molecule has 28 heavy (non-hydrogen) atoms. The molecule has 0 saturated heterocycles. The standard InChI is InChI=1S/C22H32N2O2.CH3.Al/c1-15-9-17(3)21(25)19(11-15)13-23(5)7-8-24(6)14-20-12-16(2)10-18(4)22(20)26;;/h9-12,25-26H,7-8,13-14H2,1-6H3;1H3;/q;;+2/p-2. The second kappa shape index (κ2) is 8.88. The van der Waals surface area contributed by atoms with E-state index < -0.39 is 14.8 Å². The van der Waals surface area contributed by atoms with Crippen LogP contribution in [0.2, 0.25) is 5.79 Å². The summed E-state index contributed by atoms with van der Waals surface area (Å²) in [6, 6.07) is 8.92. The van der Waals surface area contributed by atoms with E-state index in [0.717, 1.165) is 37.7 Å². The molecule has 0 spiro atoms. The first kappa shape index (κ1) is 21.2. The monoisotopic (exact) mass is 396 g/mol. The van der Waals surface area contributed by atoms with Gasteiger partial charge in [0, 0.05) is 37.3 Å². The number of benzene rings is 2. The first-order valence-corrected chi connectivity index (χ1v) is 12.2. The van der Waals surface area contributed by atoms with Crippen molar-refractivity contribution in [2.24, 2.45) is 0 Å². The molecule has 0 N–H and O–H groups in total. The summed E-state index contributed by atoms with van der Waals surface area (Å²) in [5, 5.41) is 0. The maximum atomic E-state index is 6.49. The van der Waals surface area contributed by atoms with Crippen LogP contribution in [0.1, 0.15) is 33.4 Å². The highest BCUT2D eigenvalue weighted by atomic mass is 27.2. The Bertz CT molecular complexity index is 783. The van der Waals surface area contributed by atoms with Gasteiger partial charge in [0.25, 0.3) is 0 Å². The maximum absolute atomic E-state index is 6.49. The number of nitrogens with zero attached hydrogens (tertiary/aromatic N) is 2. The normalized spacial score (nSPS) is 16.8. The zero-order valence-corrected chi connectivity index (χ0v) is 19.6. The Balaban J connectivity index is 2.02. The van der Waals surface area contributed by atoms with Crippen molar-refractivity contribution in [3.63, 3.8) is 0 Å². The molecule has 0 fully saturated rings. The van der Waals surface area contributed by atoms with Crippen molar-refractivity contribution >= 4 is 14.8 Å². The largest absolute Gasteiger partial charge is 0.853 e. The van der Waals surface area contributed by atoms with Gasteiger partial charge in [0.15, 0.2) is 0 Å². The van der Waals surface area contributed by atoms with Crippen LogP contribution in [0.15, 0.2) is 24.3 Å². The lowest BCUT2D eigenvalue weighted by Gasteiger charge is -2.24. The predicted octanol–water partition coefficient (Wildman–Crippen LogP) is 4.37. The zero-order chi connectivity index (χ0) is 20.4. The molecular formula is C23H33AlN2O2. The van der Waals surface area contributed by atoms with Gasteiger partial charge in [-0.2, -0.15) is 0 Å². The molecule has 150 valence electrons. The quantitative estimate of drug-likeness (QED) is 0.617. The van der Waals surface area contributed by atoms with Crippen molar-refractivity contribution in [3.8, 4) is 11.5 Å². The van der Waals surface area contributed by atoms with Crippen molar-refractivity contribution in [1.82, 2.24) is 9.80 Å². The van der Waals surface area contributed by atoms with Crippen LogP contribution in [0.3, 0.4) is 0 Å². The highest BCUT2D eigenvalue weighted by Crippen LogP contribution is 2.31. The fourth-order valence-corrected chi connectivity index (χ4v) is 5.48. The van der Waals surface area contributed by atoms with Gasteiger partial charge in [-0.15, -0.1) is 0 Å². The molecule has 2 aromatic rings. The topological polar surface area (TPSA) is 24.9 Å². The van der Waals surface area contributed by atoms with E-state index in [0.29, 0.717) is 0 Å². The SMILES string of the molecule is Cc1cc(C)c2c(c1)CN(C)CCN(C)Cc1cc(C)cc(C)c1[O][Al]([CH3])[O]2. The lowest BCUT2D eigenvalue weighted by atomic mass is 10.0. The molecule has 3 rings (SSSR count). The van der Waals surface area contributed by atoms with Crippen LogP contribution in [0.25, 0.3) is 0 Å². The van der Waals surface area contributed by atoms with Gasteiger partial charge in [-0.05, 0) is 58.7 Å². The molecule has 0 atom stereocenters. The third kappa shape index (κ3) is 5.10. The van der Waals surface area contributed by atoms with Gasteiger partial charge in [0.1, 0.15) is 0 Å². The van der Waals surface area contributed by atoms with Crippen molar-refractivity contribution in [3.05, 3.63) is 57.6 Å². The summed E-state index contributed by atoms with van der Waals surface area (Å²) in [5.74, 6) is 4.14. The minimum Gasteiger partial charge on any atom is -0.611 e. The number of hydrogen-bond acceptors (Lipinski definition) is 4. The van der Waals surface area contributed by atoms with E-state index >= 15 is 0 Å². The third-order valence-corrected chi connectivity index (χ3v) is 6.44. The van der Waals surface area contributed by atoms with Crippen molar-refractivity contribution in [2.75, 3.05) is 27.2 Å². The minimum absolute atomic E-state index is 0.887. The number of hydrogen-bond donors (Lipinski definition) is 0. The molecular weight excluding hydrogens is 363 g/mol. The smallest absolute Gasteiger partial charge is 0.611 e. The van der Waals surface area contributed by atoms with E-state index in [1.54, 1.807) is 0 Å². The van der Waals surface area contributed by atoms with E-state index in [1.165, 1.54) is 33.4 Å². The lowest BCUT2D eigenvalue weighted by Crippen LogP contribution is -2.30. The van der Waals surface area contributed by atoms with Gasteiger partial charge in [-0.25, -0.2) is 0 Å². The molecule has 4 nitrogen and oxygen atoms in total. The molecule has 1 heterocycles. The summed E-state index contributed by atoms with van der Waals surface area (Å²) < 4.78 is 13.0. The van der Waals surface area contributed by atoms with Crippen LogP contribution < -0.4 is 7.58 Å². The number of fused-ring (bicyclic) bond motifs is 2. The van der Waals surface area contributed by atoms with Gasteiger partial charge in [-0.3, -0.25) is 0 Å². The first-order chi connectivity index (χ1) is 13.2. The summed E-state index contributed by atoms with van der Waals surface area (Å²) in [5.41, 5.74) is 7.46. The van der Waals surface area contributed by atoms with Crippen molar-refractivity contribution in [1.29, 1.82) is 0 Å². The average molecular weight is 397 g/mol. The minimum atomic E-state index is -1.91. The Labute approximate surface area is 175 Å². The Morgan fingerprint density at radius 3 is 1.50 bits per heavy atom. The molecule has 0 unspecified atom stereocenters. The highest BCUT2D eigenvalue weighted by Gasteiger charge is 2.29. The summed E-state index contributed by atoms with van der Waals surface area (Å²) in [6.45, 7) is 12.4. The van der Waals surface area contributed by atoms with Crippen LogP contribution in [0.5, 0.6) is 11.5 Å². The van der Waals surface area contributed by atoms with Crippen molar-refractivity contribution in [2.45, 2.75) is 46.6 Å². The predicted molar refractivity (Wildman–Crippen MR) is 117 cm³/mol. The molecule has 0 bridgehead atoms. The van der Waals surface area contributed by atoms with E-state index in [4.69, 9.17) is 7.58 Å². The third-order valence-electron chi connectivity index (χ3n) is 5.30. The average Bonchev–Trinajstić information content (AvgIpc) is 2.59. The van der Waals surface area contributed by atoms with E-state index in [9.17, 15) is 0 Å². The molecule has 0 amide bonds. The van der Waals surface area contributed by atoms with Gasteiger partial charge in [-0.1, -0.05) is 35.4 Å². The zero-order valence-electron chi connectivity index (χ0n) is 18.4. The second-order valence-corrected chi connectivity index (χ2v) is 10.0. The van der Waals surface area contributed by atoms with Crippen molar-refractivity contribution < 1.29 is 7.58 Å². The number of likely N-dealkylation sites (N-methyl/N-ethyl adjacent to an activating group) is 2. The van der Waals surface area contributed by atoms with Gasteiger partial charge in [0.2, 0.25) is 0 Å². The Kier molecular flexibility index (Phi) is 6.73. The van der Waals surface area contributed by atoms with Gasteiger partial charge >= 0.3 is 14.8 Å². The lowest BCUT2D eigenvalue weighted by molar-refractivity contribution is 0.246. The molecule has 0 aliphatic carbocycles. The maximum Gasteiger partial charge on any atom is 0.853 e. The Morgan fingerprint density at radius 1 is 0.714 bits per heavy atom. The number of aryl methyl sites for hydroxylation is 4. The van der Waals surface area contributed by atoms with Crippen LogP contribution in [-0.2, 0) is 13.1 Å². The fraction of sp³-hybridized carbons (Fsp3) is 0.478. The summed E-state index contributed by atoms with van der Waals surface area (Å²) in [7, 11) is 4.38. The molecule has 1 aliphatic heterocycles. The van der Waals surface area contributed by atoms with Gasteiger partial charge < -0.3 is 17.4 Å². The van der Waals surface area contributed by atoms with E-state index in [1.807, 2.05) is 0 Å². The molecule has 0 saturated carbocycles. The first-order valence-electron chi connectivity index (χ1n) is 10.1. The molecule has 2 aromatic carbocycles. The van der Waals surface area contributed by atoms with Crippen LogP contribution in [-0.4, -0.2) is 51.8 Å². The van der Waals surface area contributed by atoms with Gasteiger partial charge in [0.05, 0.1) is 11.5 Å². The molecule has 5 heteroatoms.